The molecule has 0 saturated carbocycles. The summed E-state index contributed by atoms with van der Waals surface area (Å²) < 4.78 is 24.7. The highest BCUT2D eigenvalue weighted by atomic mass is 16.7. The topological polar surface area (TPSA) is 112 Å². The first-order valence-electron chi connectivity index (χ1n) is 14.6. The Labute approximate surface area is 240 Å². The lowest BCUT2D eigenvalue weighted by molar-refractivity contribution is -0.280. The summed E-state index contributed by atoms with van der Waals surface area (Å²) in [5.41, 5.74) is -2.31. The summed E-state index contributed by atoms with van der Waals surface area (Å²) in [6.07, 6.45) is 0.410. The van der Waals surface area contributed by atoms with E-state index in [-0.39, 0.29) is 36.1 Å². The zero-order valence-corrected chi connectivity index (χ0v) is 26.6. The van der Waals surface area contributed by atoms with Crippen molar-refractivity contribution in [1.82, 2.24) is 4.90 Å². The van der Waals surface area contributed by atoms with Gasteiger partial charge in [-0.2, -0.15) is 0 Å². The van der Waals surface area contributed by atoms with Crippen LogP contribution < -0.4 is 0 Å². The Morgan fingerprint density at radius 3 is 2.23 bits per heavy atom. The standard InChI is InChI=1S/C31H53NO8/c1-13-24-30(8,36)15-17(2)25(33)18(3)16-31(9,37-12)27(21(6)26(34)22(7)28(35)39-24)40-29-20(5)23(32(10)11)14-19(4)38-29/h15,18-24,27,29,36H,13-14,16H2,1-12H3/b17-15+/t18-,19-,20-,21+,22-,23+,24-,27-,29+,30+,31-/m1/s1. The minimum Gasteiger partial charge on any atom is -0.458 e. The first kappa shape index (κ1) is 34.6. The second kappa shape index (κ2) is 13.6. The number of carbonyl (C=O) groups excluding carboxylic acids is 3. The van der Waals surface area contributed by atoms with Gasteiger partial charge in [-0.25, -0.2) is 0 Å². The fourth-order valence-electron chi connectivity index (χ4n) is 6.44. The molecular formula is C31H53NO8. The van der Waals surface area contributed by atoms with Crippen molar-refractivity contribution in [3.63, 3.8) is 0 Å². The molecule has 0 aromatic carbocycles. The van der Waals surface area contributed by atoms with Gasteiger partial charge in [-0.1, -0.05) is 27.7 Å². The molecule has 0 aromatic heterocycles. The van der Waals surface area contributed by atoms with E-state index >= 15 is 0 Å². The van der Waals surface area contributed by atoms with Crippen LogP contribution in [0.1, 0.15) is 81.6 Å². The third-order valence-corrected chi connectivity index (χ3v) is 9.01. The van der Waals surface area contributed by atoms with Gasteiger partial charge in [0.2, 0.25) is 0 Å². The van der Waals surface area contributed by atoms with E-state index in [0.29, 0.717) is 12.0 Å². The van der Waals surface area contributed by atoms with Crippen LogP contribution in [0.2, 0.25) is 0 Å². The number of ether oxygens (including phenoxy) is 4. The van der Waals surface area contributed by atoms with E-state index in [9.17, 15) is 19.5 Å². The molecule has 11 atom stereocenters. The maximum Gasteiger partial charge on any atom is 0.316 e. The minimum absolute atomic E-state index is 0.0122. The quantitative estimate of drug-likeness (QED) is 0.390. The number of carbonyl (C=O) groups is 3. The van der Waals surface area contributed by atoms with Crippen LogP contribution in [-0.4, -0.2) is 90.6 Å². The first-order valence-corrected chi connectivity index (χ1v) is 14.6. The van der Waals surface area contributed by atoms with Crippen LogP contribution in [0, 0.1) is 23.7 Å². The molecule has 1 fully saturated rings. The van der Waals surface area contributed by atoms with Crippen molar-refractivity contribution < 1.29 is 38.4 Å². The van der Waals surface area contributed by atoms with Crippen LogP contribution in [-0.2, 0) is 33.3 Å². The lowest BCUT2D eigenvalue weighted by atomic mass is 9.76. The van der Waals surface area contributed by atoms with E-state index in [1.807, 2.05) is 34.9 Å². The first-order chi connectivity index (χ1) is 18.4. The second-order valence-corrected chi connectivity index (χ2v) is 12.8. The Morgan fingerprint density at radius 2 is 1.70 bits per heavy atom. The smallest absolute Gasteiger partial charge is 0.316 e. The van der Waals surface area contributed by atoms with E-state index in [1.165, 1.54) is 19.9 Å². The third-order valence-electron chi connectivity index (χ3n) is 9.01. The van der Waals surface area contributed by atoms with E-state index < -0.39 is 53.4 Å². The van der Waals surface area contributed by atoms with Crippen molar-refractivity contribution in [3.8, 4) is 0 Å². The average Bonchev–Trinajstić information content (AvgIpc) is 2.88. The molecule has 9 nitrogen and oxygen atoms in total. The Bertz CT molecular complexity index is 946. The fraction of sp³-hybridized carbons (Fsp3) is 0.839. The third kappa shape index (κ3) is 7.59. The summed E-state index contributed by atoms with van der Waals surface area (Å²) in [6, 6.07) is 0.202. The monoisotopic (exact) mass is 567 g/mol. The van der Waals surface area contributed by atoms with Crippen LogP contribution in [0.4, 0.5) is 0 Å². The number of rotatable bonds is 5. The summed E-state index contributed by atoms with van der Waals surface area (Å²) in [5, 5.41) is 11.2. The van der Waals surface area contributed by atoms with E-state index in [2.05, 4.69) is 11.8 Å². The molecule has 0 unspecified atom stereocenters. The number of esters is 1. The van der Waals surface area contributed by atoms with Gasteiger partial charge in [-0.3, -0.25) is 14.4 Å². The highest BCUT2D eigenvalue weighted by molar-refractivity contribution is 6.00. The molecule has 230 valence electrons. The van der Waals surface area contributed by atoms with Gasteiger partial charge in [-0.15, -0.1) is 0 Å². The van der Waals surface area contributed by atoms with Crippen LogP contribution in [0.15, 0.2) is 11.6 Å². The normalized spacial score (nSPS) is 44.1. The summed E-state index contributed by atoms with van der Waals surface area (Å²) >= 11 is 0. The molecule has 0 amide bonds. The number of aliphatic hydroxyl groups is 1. The fourth-order valence-corrected chi connectivity index (χ4v) is 6.44. The van der Waals surface area contributed by atoms with Crippen LogP contribution >= 0.6 is 0 Å². The van der Waals surface area contributed by atoms with Crippen molar-refractivity contribution in [2.45, 2.75) is 123 Å². The van der Waals surface area contributed by atoms with Crippen molar-refractivity contribution in [3.05, 3.63) is 11.6 Å². The number of hydrogen-bond donors (Lipinski definition) is 1. The number of methoxy groups -OCH3 is 1. The number of ketones is 2. The molecule has 2 aliphatic rings. The van der Waals surface area contributed by atoms with Crippen molar-refractivity contribution in [2.75, 3.05) is 21.2 Å². The molecule has 2 heterocycles. The van der Waals surface area contributed by atoms with Gasteiger partial charge in [0, 0.05) is 30.9 Å². The minimum atomic E-state index is -1.59. The largest absolute Gasteiger partial charge is 0.458 e. The molecule has 0 bridgehead atoms. The summed E-state index contributed by atoms with van der Waals surface area (Å²) in [5.74, 6) is -3.67. The molecule has 2 rings (SSSR count). The summed E-state index contributed by atoms with van der Waals surface area (Å²) in [6.45, 7) is 15.9. The van der Waals surface area contributed by atoms with Crippen molar-refractivity contribution in [1.29, 1.82) is 0 Å². The van der Waals surface area contributed by atoms with Crippen molar-refractivity contribution >= 4 is 17.5 Å². The molecular weight excluding hydrogens is 514 g/mol. The molecule has 40 heavy (non-hydrogen) atoms. The van der Waals surface area contributed by atoms with Gasteiger partial charge in [0.15, 0.2) is 17.9 Å². The number of hydrogen-bond acceptors (Lipinski definition) is 9. The molecule has 0 spiro atoms. The molecule has 9 heteroatoms. The average molecular weight is 568 g/mol. The van der Waals surface area contributed by atoms with Gasteiger partial charge < -0.3 is 29.0 Å². The van der Waals surface area contributed by atoms with Gasteiger partial charge >= 0.3 is 5.97 Å². The second-order valence-electron chi connectivity index (χ2n) is 12.8. The molecule has 0 radical (unpaired) electrons. The number of Topliss-reactive ketones (excluding diaryl/α,β-unsaturated/α-hetero) is 2. The van der Waals surface area contributed by atoms with E-state index in [0.717, 1.165) is 6.42 Å². The predicted octanol–water partition coefficient (Wildman–Crippen LogP) is 3.95. The number of allylic oxidation sites excluding steroid dienone is 1. The maximum absolute atomic E-state index is 13.8. The number of nitrogens with zero attached hydrogens (tertiary/aromatic N) is 1. The van der Waals surface area contributed by atoms with E-state index in [4.69, 9.17) is 18.9 Å². The van der Waals surface area contributed by atoms with Crippen molar-refractivity contribution in [2.24, 2.45) is 23.7 Å². The molecule has 2 aliphatic heterocycles. The zero-order valence-electron chi connectivity index (χ0n) is 26.6. The highest BCUT2D eigenvalue weighted by Gasteiger charge is 2.49. The lowest BCUT2D eigenvalue weighted by Gasteiger charge is -2.47. The Kier molecular flexibility index (Phi) is 11.7. The van der Waals surface area contributed by atoms with Crippen LogP contribution in [0.5, 0.6) is 0 Å². The van der Waals surface area contributed by atoms with Gasteiger partial charge in [0.25, 0.3) is 0 Å². The zero-order chi connectivity index (χ0) is 30.7. The van der Waals surface area contributed by atoms with Gasteiger partial charge in [0.1, 0.15) is 17.6 Å². The lowest BCUT2D eigenvalue weighted by Crippen LogP contribution is -2.57. The van der Waals surface area contributed by atoms with Crippen LogP contribution in [0.3, 0.4) is 0 Å². The van der Waals surface area contributed by atoms with Gasteiger partial charge in [0.05, 0.1) is 17.8 Å². The Morgan fingerprint density at radius 1 is 1.10 bits per heavy atom. The molecule has 0 aromatic rings. The van der Waals surface area contributed by atoms with Crippen LogP contribution in [0.25, 0.3) is 0 Å². The Balaban J connectivity index is 2.62. The Hall–Kier alpha value is -1.65. The van der Waals surface area contributed by atoms with Gasteiger partial charge in [-0.05, 0) is 79.6 Å². The highest BCUT2D eigenvalue weighted by Crippen LogP contribution is 2.38. The predicted molar refractivity (Wildman–Crippen MR) is 153 cm³/mol. The number of cyclic esters (lactones) is 1. The SMILES string of the molecule is CC[C@H]1OC(=O)[C@H](C)C(=O)[C@H](C)[C@@H](O[C@@H]2O[C@H](C)C[C@H](N(C)C)[C@H]2C)[C@](C)(OC)C[C@@H](C)C(=O)/C(C)=C/[C@]1(C)O. The molecule has 1 saturated heterocycles. The van der Waals surface area contributed by atoms with E-state index in [1.54, 1.807) is 27.9 Å². The maximum atomic E-state index is 13.8. The molecule has 0 aliphatic carbocycles. The summed E-state index contributed by atoms with van der Waals surface area (Å²) in [4.78, 5) is 42.7. The summed E-state index contributed by atoms with van der Waals surface area (Å²) in [7, 11) is 5.60. The molecule has 1 N–H and O–H groups in total.